The van der Waals surface area contributed by atoms with Crippen LogP contribution in [0.2, 0.25) is 0 Å². The molecule has 2 aromatic rings. The van der Waals surface area contributed by atoms with Crippen LogP contribution in [0.3, 0.4) is 0 Å². The van der Waals surface area contributed by atoms with Crippen LogP contribution < -0.4 is 0 Å². The molecule has 3 heterocycles. The van der Waals surface area contributed by atoms with Gasteiger partial charge in [-0.1, -0.05) is 6.92 Å². The molecule has 1 unspecified atom stereocenters. The van der Waals surface area contributed by atoms with Gasteiger partial charge in [0.2, 0.25) is 5.91 Å². The van der Waals surface area contributed by atoms with Crippen molar-refractivity contribution in [3.05, 3.63) is 90.5 Å². The molecule has 0 aromatic heterocycles. The van der Waals surface area contributed by atoms with Gasteiger partial charge in [-0.15, -0.1) is 23.5 Å². The van der Waals surface area contributed by atoms with Crippen LogP contribution in [-0.2, 0) is 37.1 Å². The first kappa shape index (κ1) is 39.0. The number of nitriles is 1. The number of nitro benzene ring substituents is 2. The third kappa shape index (κ3) is 7.94. The van der Waals surface area contributed by atoms with Crippen molar-refractivity contribution in [3.63, 3.8) is 0 Å². The lowest BCUT2D eigenvalue weighted by molar-refractivity contribution is -0.385. The van der Waals surface area contributed by atoms with Crippen LogP contribution in [0.15, 0.2) is 59.1 Å². The fraction of sp³-hybridized carbons (Fsp3) is 0.441. The number of benzene rings is 2. The summed E-state index contributed by atoms with van der Waals surface area (Å²) in [5.74, 6) is -2.95. The normalized spacial score (nSPS) is 23.0. The molecule has 2 saturated heterocycles. The maximum atomic E-state index is 13.7. The standard InChI is InChI=1S/C34H36N6O11S2/c1-18-27-26(19(2)41)31(42)38(27)28(33(44)50-15-20-5-9-22(10-6-20)39(46)47)29(18)53-24-13-25(30(52-4)32(43)36(3)17-35)37(14-24)34(45)51-16-21-7-11-23(12-8-21)40(48)49/h5-12,18-19,24-27,30,41H,13-16H2,1-4H3/t18-,19-,24+,25+,26-,27-,30?/m1/s1. The summed E-state index contributed by atoms with van der Waals surface area (Å²) in [6.45, 7) is 2.96. The number of hydrogen-bond donors (Lipinski definition) is 1. The van der Waals surface area contributed by atoms with Crippen LogP contribution in [0.5, 0.6) is 0 Å². The van der Waals surface area contributed by atoms with Crippen LogP contribution >= 0.6 is 23.5 Å². The van der Waals surface area contributed by atoms with Crippen LogP contribution in [0.25, 0.3) is 0 Å². The van der Waals surface area contributed by atoms with Crippen molar-refractivity contribution < 1.29 is 43.6 Å². The summed E-state index contributed by atoms with van der Waals surface area (Å²) in [4.78, 5) is 79.1. The minimum absolute atomic E-state index is 0.00812. The van der Waals surface area contributed by atoms with E-state index in [-0.39, 0.29) is 43.3 Å². The van der Waals surface area contributed by atoms with Crippen molar-refractivity contribution >= 4 is 58.8 Å². The third-order valence-electron chi connectivity index (χ3n) is 9.49. The van der Waals surface area contributed by atoms with Gasteiger partial charge in [0.1, 0.15) is 24.2 Å². The Morgan fingerprint density at radius 1 is 1.04 bits per heavy atom. The molecule has 3 aliphatic heterocycles. The summed E-state index contributed by atoms with van der Waals surface area (Å²) >= 11 is 2.42. The van der Waals surface area contributed by atoms with Gasteiger partial charge in [0, 0.05) is 53.9 Å². The molecule has 19 heteroatoms. The predicted octanol–water partition coefficient (Wildman–Crippen LogP) is 3.80. The average molecular weight is 769 g/mol. The SMILES string of the molecule is CSC(C(=O)N(C)C#N)[C@@H]1C[C@H](SC2=C(C(=O)OCc3ccc([N+](=O)[O-])cc3)N3C(=O)[C@H]([C@@H](C)O)[C@H]3[C@H]2C)CN1C(=O)OCc1ccc([N+](=O)[O-])cc1. The molecule has 0 spiro atoms. The summed E-state index contributed by atoms with van der Waals surface area (Å²) in [5.41, 5.74) is 0.728. The fourth-order valence-electron chi connectivity index (χ4n) is 6.79. The number of thioether (sulfide) groups is 2. The quantitative estimate of drug-likeness (QED) is 0.0764. The number of esters is 1. The monoisotopic (exact) mass is 768 g/mol. The second kappa shape index (κ2) is 16.2. The van der Waals surface area contributed by atoms with Crippen LogP contribution in [0, 0.1) is 43.5 Å². The van der Waals surface area contributed by atoms with E-state index in [1.807, 2.05) is 6.92 Å². The number of carbonyl (C=O) groups is 4. The number of carbonyl (C=O) groups excluding carboxylic acids is 4. The first-order chi connectivity index (χ1) is 25.2. The molecule has 0 aliphatic carbocycles. The molecule has 53 heavy (non-hydrogen) atoms. The van der Waals surface area contributed by atoms with Gasteiger partial charge in [0.05, 0.1) is 34.0 Å². The van der Waals surface area contributed by atoms with Crippen molar-refractivity contribution in [2.75, 3.05) is 19.8 Å². The highest BCUT2D eigenvalue weighted by atomic mass is 32.2. The molecule has 280 valence electrons. The molecule has 1 N–H and O–H groups in total. The Morgan fingerprint density at radius 2 is 1.58 bits per heavy atom. The zero-order chi connectivity index (χ0) is 38.7. The van der Waals surface area contributed by atoms with Gasteiger partial charge in [-0.25, -0.2) is 9.59 Å². The Hall–Kier alpha value is -5.19. The number of likely N-dealkylation sites (tertiary alicyclic amines) is 1. The first-order valence-electron chi connectivity index (χ1n) is 16.4. The molecule has 3 amide bonds. The maximum absolute atomic E-state index is 13.7. The van der Waals surface area contributed by atoms with E-state index in [9.17, 15) is 49.8 Å². The van der Waals surface area contributed by atoms with E-state index in [0.717, 1.165) is 16.7 Å². The number of nitrogens with zero attached hydrogens (tertiary/aromatic N) is 6. The number of rotatable bonds is 13. The largest absolute Gasteiger partial charge is 0.456 e. The minimum Gasteiger partial charge on any atom is -0.456 e. The van der Waals surface area contributed by atoms with E-state index in [2.05, 4.69) is 0 Å². The van der Waals surface area contributed by atoms with E-state index in [0.29, 0.717) is 16.0 Å². The zero-order valence-electron chi connectivity index (χ0n) is 29.0. The van der Waals surface area contributed by atoms with Crippen LogP contribution in [-0.4, -0.2) is 102 Å². The van der Waals surface area contributed by atoms with Gasteiger partial charge >= 0.3 is 12.1 Å². The fourth-order valence-corrected chi connectivity index (χ4v) is 9.26. The van der Waals surface area contributed by atoms with E-state index in [4.69, 9.17) is 9.47 Å². The van der Waals surface area contributed by atoms with Crippen molar-refractivity contribution in [3.8, 4) is 6.19 Å². The van der Waals surface area contributed by atoms with Crippen LogP contribution in [0.1, 0.15) is 31.4 Å². The first-order valence-corrected chi connectivity index (χ1v) is 18.5. The summed E-state index contributed by atoms with van der Waals surface area (Å²) in [5, 5.41) is 40.7. The predicted molar refractivity (Wildman–Crippen MR) is 190 cm³/mol. The number of ether oxygens (including phenoxy) is 2. The number of aliphatic hydroxyl groups is 1. The summed E-state index contributed by atoms with van der Waals surface area (Å²) in [6.07, 6.45) is 1.98. The lowest BCUT2D eigenvalue weighted by Gasteiger charge is -2.46. The molecular weight excluding hydrogens is 733 g/mol. The smallest absolute Gasteiger partial charge is 0.410 e. The lowest BCUT2D eigenvalue weighted by atomic mass is 9.79. The molecule has 17 nitrogen and oxygen atoms in total. The van der Waals surface area contributed by atoms with E-state index in [1.54, 1.807) is 12.4 Å². The number of nitro groups is 2. The molecule has 0 radical (unpaired) electrons. The van der Waals surface area contributed by atoms with Gasteiger partial charge in [-0.2, -0.15) is 5.26 Å². The maximum Gasteiger partial charge on any atom is 0.410 e. The molecule has 2 aromatic carbocycles. The number of non-ortho nitro benzene ring substituents is 2. The molecule has 2 fully saturated rings. The molecule has 3 aliphatic rings. The Morgan fingerprint density at radius 3 is 2.08 bits per heavy atom. The van der Waals surface area contributed by atoms with Crippen molar-refractivity contribution in [2.45, 2.75) is 62.2 Å². The molecule has 0 saturated carbocycles. The highest BCUT2D eigenvalue weighted by molar-refractivity contribution is 8.03. The molecule has 5 rings (SSSR count). The number of β-lactam (4-membered cyclic amide) rings is 1. The summed E-state index contributed by atoms with van der Waals surface area (Å²) in [6, 6.07) is 9.69. The summed E-state index contributed by atoms with van der Waals surface area (Å²) in [7, 11) is 1.32. The number of fused-ring (bicyclic) bond motifs is 1. The van der Waals surface area contributed by atoms with Gasteiger partial charge in [0.15, 0.2) is 6.19 Å². The average Bonchev–Trinajstić information content (AvgIpc) is 3.66. The van der Waals surface area contributed by atoms with Crippen molar-refractivity contribution in [1.82, 2.24) is 14.7 Å². The minimum atomic E-state index is -0.990. The highest BCUT2D eigenvalue weighted by Crippen LogP contribution is 2.53. The van der Waals surface area contributed by atoms with Crippen LogP contribution in [0.4, 0.5) is 16.2 Å². The molecule has 0 bridgehead atoms. The Labute approximate surface area is 312 Å². The summed E-state index contributed by atoms with van der Waals surface area (Å²) < 4.78 is 11.2. The van der Waals surface area contributed by atoms with Gasteiger partial charge in [-0.3, -0.25) is 34.7 Å². The van der Waals surface area contributed by atoms with Gasteiger partial charge in [-0.05, 0) is 55.0 Å². The number of hydrogen-bond acceptors (Lipinski definition) is 14. The number of aliphatic hydroxyl groups excluding tert-OH is 1. The topological polar surface area (TPSA) is 227 Å². The Kier molecular flexibility index (Phi) is 11.9. The Bertz CT molecular complexity index is 1870. The van der Waals surface area contributed by atoms with Crippen molar-refractivity contribution in [2.24, 2.45) is 11.8 Å². The highest BCUT2D eigenvalue weighted by Gasteiger charge is 2.60. The number of amides is 3. The van der Waals surface area contributed by atoms with E-state index >= 15 is 0 Å². The molecule has 7 atom stereocenters. The zero-order valence-corrected chi connectivity index (χ0v) is 30.7. The molecular formula is C34H36N6O11S2. The third-order valence-corrected chi connectivity index (χ3v) is 12.0. The van der Waals surface area contributed by atoms with Crippen molar-refractivity contribution in [1.29, 1.82) is 5.26 Å². The lowest BCUT2D eigenvalue weighted by Crippen LogP contribution is -2.63. The van der Waals surface area contributed by atoms with E-state index in [1.165, 1.54) is 84.1 Å². The van der Waals surface area contributed by atoms with Gasteiger partial charge in [0.25, 0.3) is 17.3 Å². The Balaban J connectivity index is 1.41. The second-order valence-electron chi connectivity index (χ2n) is 12.8. The van der Waals surface area contributed by atoms with Gasteiger partial charge < -0.3 is 24.4 Å². The second-order valence-corrected chi connectivity index (χ2v) is 15.1. The van der Waals surface area contributed by atoms with E-state index < -0.39 is 74.2 Å².